The van der Waals surface area contributed by atoms with Gasteiger partial charge in [-0.25, -0.2) is 12.8 Å². The van der Waals surface area contributed by atoms with E-state index in [4.69, 9.17) is 0 Å². The highest BCUT2D eigenvalue weighted by molar-refractivity contribution is 7.92. The van der Waals surface area contributed by atoms with Crippen molar-refractivity contribution in [1.29, 1.82) is 0 Å². The van der Waals surface area contributed by atoms with E-state index < -0.39 is 15.8 Å². The Bertz CT molecular complexity index is 916. The molecule has 0 spiro atoms. The van der Waals surface area contributed by atoms with Crippen molar-refractivity contribution in [3.8, 4) is 0 Å². The number of hydrogen-bond acceptors (Lipinski definition) is 4. The molecule has 2 aromatic carbocycles. The maximum absolute atomic E-state index is 13.0. The Balaban J connectivity index is 1.77. The Morgan fingerprint density at radius 1 is 1.11 bits per heavy atom. The standard InChI is InChI=1S/C19H22FN3O3S/c1-13-12-14(10-11-21-13)19(24)22-17-4-2-3-5-18(17)23-27(25,26)16-8-6-15(20)7-9-16/h2-9,13-14,21,23H,10-12H2,1H3,(H,22,24)/t13-,14-/m0/s1. The Morgan fingerprint density at radius 2 is 1.78 bits per heavy atom. The molecule has 0 unspecified atom stereocenters. The van der Waals surface area contributed by atoms with Crippen molar-refractivity contribution in [2.24, 2.45) is 5.92 Å². The molecule has 0 bridgehead atoms. The summed E-state index contributed by atoms with van der Waals surface area (Å²) in [4.78, 5) is 12.5. The van der Waals surface area contributed by atoms with Crippen LogP contribution >= 0.6 is 0 Å². The van der Waals surface area contributed by atoms with Gasteiger partial charge in [-0.1, -0.05) is 12.1 Å². The van der Waals surface area contributed by atoms with Crippen LogP contribution in [0.1, 0.15) is 19.8 Å². The summed E-state index contributed by atoms with van der Waals surface area (Å²) < 4.78 is 40.6. The van der Waals surface area contributed by atoms with Crippen LogP contribution in [0, 0.1) is 11.7 Å². The number of hydrogen-bond donors (Lipinski definition) is 3. The fraction of sp³-hybridized carbons (Fsp3) is 0.316. The van der Waals surface area contributed by atoms with Gasteiger partial charge >= 0.3 is 0 Å². The first kappa shape index (κ1) is 19.3. The summed E-state index contributed by atoms with van der Waals surface area (Å²) in [6, 6.07) is 11.4. The van der Waals surface area contributed by atoms with Crippen molar-refractivity contribution in [1.82, 2.24) is 5.32 Å². The second kappa shape index (κ2) is 8.06. The summed E-state index contributed by atoms with van der Waals surface area (Å²) >= 11 is 0. The van der Waals surface area contributed by atoms with Gasteiger partial charge in [-0.05, 0) is 62.7 Å². The number of nitrogens with one attached hydrogen (secondary N) is 3. The minimum absolute atomic E-state index is 0.0581. The molecule has 3 rings (SSSR count). The molecule has 0 saturated carbocycles. The van der Waals surface area contributed by atoms with Crippen LogP contribution in [-0.4, -0.2) is 26.9 Å². The smallest absolute Gasteiger partial charge is 0.261 e. The van der Waals surface area contributed by atoms with Crippen LogP contribution in [0.3, 0.4) is 0 Å². The molecule has 0 aromatic heterocycles. The first-order valence-corrected chi connectivity index (χ1v) is 10.2. The first-order chi connectivity index (χ1) is 12.8. The number of halogens is 1. The highest BCUT2D eigenvalue weighted by atomic mass is 32.2. The molecule has 6 nitrogen and oxygen atoms in total. The number of amides is 1. The lowest BCUT2D eigenvalue weighted by Crippen LogP contribution is -2.40. The summed E-state index contributed by atoms with van der Waals surface area (Å²) in [5.74, 6) is -0.766. The molecule has 27 heavy (non-hydrogen) atoms. The van der Waals surface area contributed by atoms with Crippen molar-refractivity contribution in [3.05, 3.63) is 54.3 Å². The van der Waals surface area contributed by atoms with Crippen molar-refractivity contribution in [3.63, 3.8) is 0 Å². The molecule has 8 heteroatoms. The zero-order valence-electron chi connectivity index (χ0n) is 14.9. The number of sulfonamides is 1. The highest BCUT2D eigenvalue weighted by Gasteiger charge is 2.25. The molecule has 144 valence electrons. The lowest BCUT2D eigenvalue weighted by Gasteiger charge is -2.27. The van der Waals surface area contributed by atoms with E-state index in [-0.39, 0.29) is 28.4 Å². The molecule has 3 N–H and O–H groups in total. The number of carbonyl (C=O) groups excluding carboxylic acids is 1. The molecule has 0 aliphatic carbocycles. The van der Waals surface area contributed by atoms with E-state index in [9.17, 15) is 17.6 Å². The minimum atomic E-state index is -3.90. The van der Waals surface area contributed by atoms with Gasteiger partial charge in [-0.2, -0.15) is 0 Å². The van der Waals surface area contributed by atoms with Crippen molar-refractivity contribution >= 4 is 27.3 Å². The third-order valence-corrected chi connectivity index (χ3v) is 5.93. The van der Waals surface area contributed by atoms with Gasteiger partial charge < -0.3 is 10.6 Å². The van der Waals surface area contributed by atoms with Crippen molar-refractivity contribution in [2.45, 2.75) is 30.7 Å². The second-order valence-electron chi connectivity index (χ2n) is 6.67. The molecule has 1 amide bonds. The summed E-state index contributed by atoms with van der Waals surface area (Å²) in [5, 5.41) is 6.13. The van der Waals surface area contributed by atoms with Crippen molar-refractivity contribution < 1.29 is 17.6 Å². The molecule has 0 radical (unpaired) electrons. The fourth-order valence-corrected chi connectivity index (χ4v) is 4.18. The quantitative estimate of drug-likeness (QED) is 0.731. The topological polar surface area (TPSA) is 87.3 Å². The largest absolute Gasteiger partial charge is 0.324 e. The maximum atomic E-state index is 13.0. The second-order valence-corrected chi connectivity index (χ2v) is 8.35. The lowest BCUT2D eigenvalue weighted by molar-refractivity contribution is -0.120. The zero-order valence-corrected chi connectivity index (χ0v) is 15.7. The van der Waals surface area contributed by atoms with E-state index in [1.165, 1.54) is 12.1 Å². The monoisotopic (exact) mass is 391 g/mol. The number of anilines is 2. The number of piperidine rings is 1. The Morgan fingerprint density at radius 3 is 2.44 bits per heavy atom. The molecule has 2 aromatic rings. The summed E-state index contributed by atoms with van der Waals surface area (Å²) in [5.41, 5.74) is 0.650. The van der Waals surface area contributed by atoms with Gasteiger partial charge in [0.05, 0.1) is 16.3 Å². The lowest BCUT2D eigenvalue weighted by atomic mass is 9.92. The van der Waals surface area contributed by atoms with Crippen LogP contribution in [0.4, 0.5) is 15.8 Å². The number of para-hydroxylation sites is 2. The average molecular weight is 391 g/mol. The molecule has 2 atom stereocenters. The Hall–Kier alpha value is -2.45. The Kier molecular flexibility index (Phi) is 5.76. The Labute approximate surface area is 158 Å². The van der Waals surface area contributed by atoms with Crippen molar-refractivity contribution in [2.75, 3.05) is 16.6 Å². The molecule has 1 aliphatic rings. The van der Waals surface area contributed by atoms with E-state index in [0.29, 0.717) is 5.69 Å². The average Bonchev–Trinajstić information content (AvgIpc) is 2.63. The molecular formula is C19H22FN3O3S. The SMILES string of the molecule is C[C@H]1C[C@@H](C(=O)Nc2ccccc2NS(=O)(=O)c2ccc(F)cc2)CCN1. The third kappa shape index (κ3) is 4.84. The van der Waals surface area contributed by atoms with Gasteiger partial charge in [0.1, 0.15) is 5.82 Å². The van der Waals surface area contributed by atoms with E-state index in [1.54, 1.807) is 24.3 Å². The van der Waals surface area contributed by atoms with Crippen LogP contribution in [0.15, 0.2) is 53.4 Å². The molecule has 1 heterocycles. The predicted molar refractivity (Wildman–Crippen MR) is 102 cm³/mol. The van der Waals surface area contributed by atoms with E-state index in [1.807, 2.05) is 6.92 Å². The third-order valence-electron chi connectivity index (χ3n) is 4.55. The summed E-state index contributed by atoms with van der Waals surface area (Å²) in [6.45, 7) is 2.81. The summed E-state index contributed by atoms with van der Waals surface area (Å²) in [7, 11) is -3.90. The van der Waals surface area contributed by atoms with Gasteiger partial charge in [0.25, 0.3) is 10.0 Å². The summed E-state index contributed by atoms with van der Waals surface area (Å²) in [6.07, 6.45) is 1.47. The predicted octanol–water partition coefficient (Wildman–Crippen LogP) is 2.95. The van der Waals surface area contributed by atoms with E-state index in [0.717, 1.165) is 31.5 Å². The molecule has 1 aliphatic heterocycles. The van der Waals surface area contributed by atoms with Gasteiger partial charge in [-0.15, -0.1) is 0 Å². The van der Waals surface area contributed by atoms with Crippen LogP contribution in [0.25, 0.3) is 0 Å². The van der Waals surface area contributed by atoms with Gasteiger partial charge in [0, 0.05) is 12.0 Å². The minimum Gasteiger partial charge on any atom is -0.324 e. The number of carbonyl (C=O) groups is 1. The van der Waals surface area contributed by atoms with E-state index >= 15 is 0 Å². The van der Waals surface area contributed by atoms with Crippen LogP contribution < -0.4 is 15.4 Å². The number of benzene rings is 2. The fourth-order valence-electron chi connectivity index (χ4n) is 3.10. The highest BCUT2D eigenvalue weighted by Crippen LogP contribution is 2.26. The molecule has 1 saturated heterocycles. The van der Waals surface area contributed by atoms with Gasteiger partial charge in [0.2, 0.25) is 5.91 Å². The van der Waals surface area contributed by atoms with Gasteiger partial charge in [0.15, 0.2) is 0 Å². The van der Waals surface area contributed by atoms with Gasteiger partial charge in [-0.3, -0.25) is 9.52 Å². The molecule has 1 fully saturated rings. The van der Waals surface area contributed by atoms with Crippen LogP contribution in [0.2, 0.25) is 0 Å². The zero-order chi connectivity index (χ0) is 19.4. The van der Waals surface area contributed by atoms with E-state index in [2.05, 4.69) is 15.4 Å². The maximum Gasteiger partial charge on any atom is 0.261 e. The number of rotatable bonds is 5. The van der Waals surface area contributed by atoms with Crippen LogP contribution in [0.5, 0.6) is 0 Å². The normalized spacial score (nSPS) is 20.1. The molecular weight excluding hydrogens is 369 g/mol. The first-order valence-electron chi connectivity index (χ1n) is 8.77. The van der Waals surface area contributed by atoms with Crippen LogP contribution in [-0.2, 0) is 14.8 Å².